The molecule has 0 rings (SSSR count). The molecule has 0 bridgehead atoms. The average Bonchev–Trinajstić information content (AvgIpc) is 2.32. The molecule has 1 unspecified atom stereocenters. The van der Waals surface area contributed by atoms with E-state index in [0.717, 1.165) is 0 Å². The molecule has 8 nitrogen and oxygen atoms in total. The van der Waals surface area contributed by atoms with Crippen LogP contribution in [-0.4, -0.2) is 61.3 Å². The highest BCUT2D eigenvalue weighted by atomic mass is 16.4. The molecule has 0 aromatic rings. The number of rotatable bonds is 7. The third-order valence-corrected chi connectivity index (χ3v) is 2.40. The molecule has 4 amide bonds. The minimum absolute atomic E-state index is 0.163. The Morgan fingerprint density at radius 1 is 1.10 bits per heavy atom. The van der Waals surface area contributed by atoms with Crippen molar-refractivity contribution in [3.05, 3.63) is 0 Å². The Morgan fingerprint density at radius 3 is 2.10 bits per heavy atom. The summed E-state index contributed by atoms with van der Waals surface area (Å²) < 4.78 is 0. The van der Waals surface area contributed by atoms with Gasteiger partial charge in [0.15, 0.2) is 0 Å². The molecular formula is C12H24N4O4. The lowest BCUT2D eigenvalue weighted by molar-refractivity contribution is -0.139. The second-order valence-electron chi connectivity index (χ2n) is 5.05. The number of nitrogens with zero attached hydrogens (tertiary/aromatic N) is 1. The van der Waals surface area contributed by atoms with Crippen LogP contribution in [-0.2, 0) is 4.79 Å². The molecule has 20 heavy (non-hydrogen) atoms. The topological polar surface area (TPSA) is 111 Å². The first kappa shape index (κ1) is 18.0. The SMILES string of the molecule is CC(C)CC(NC(=O)NCCNC(=O)N(C)C)C(=O)O. The molecule has 0 aliphatic carbocycles. The fraction of sp³-hybridized carbons (Fsp3) is 0.750. The quantitative estimate of drug-likeness (QED) is 0.496. The third-order valence-electron chi connectivity index (χ3n) is 2.40. The van der Waals surface area contributed by atoms with Gasteiger partial charge in [-0.05, 0) is 12.3 Å². The van der Waals surface area contributed by atoms with E-state index in [9.17, 15) is 14.4 Å². The van der Waals surface area contributed by atoms with E-state index in [4.69, 9.17) is 5.11 Å². The molecule has 0 radical (unpaired) electrons. The summed E-state index contributed by atoms with van der Waals surface area (Å²) in [5, 5.41) is 16.4. The van der Waals surface area contributed by atoms with Gasteiger partial charge in [0.2, 0.25) is 0 Å². The van der Waals surface area contributed by atoms with Crippen LogP contribution in [0.1, 0.15) is 20.3 Å². The van der Waals surface area contributed by atoms with Gasteiger partial charge < -0.3 is 26.0 Å². The second kappa shape index (κ2) is 9.00. The van der Waals surface area contributed by atoms with Gasteiger partial charge in [0.25, 0.3) is 0 Å². The fourth-order valence-electron chi connectivity index (χ4n) is 1.41. The molecule has 0 spiro atoms. The number of aliphatic carboxylic acids is 1. The van der Waals surface area contributed by atoms with Crippen molar-refractivity contribution in [3.63, 3.8) is 0 Å². The van der Waals surface area contributed by atoms with Gasteiger partial charge in [-0.15, -0.1) is 0 Å². The first-order valence-electron chi connectivity index (χ1n) is 6.46. The Labute approximate surface area is 118 Å². The number of nitrogens with one attached hydrogen (secondary N) is 3. The summed E-state index contributed by atoms with van der Waals surface area (Å²) >= 11 is 0. The largest absolute Gasteiger partial charge is 0.480 e. The number of hydrogen-bond donors (Lipinski definition) is 4. The minimum Gasteiger partial charge on any atom is -0.480 e. The minimum atomic E-state index is -1.06. The van der Waals surface area contributed by atoms with E-state index < -0.39 is 18.0 Å². The lowest BCUT2D eigenvalue weighted by atomic mass is 10.0. The summed E-state index contributed by atoms with van der Waals surface area (Å²) in [6, 6.07) is -1.72. The number of carbonyl (C=O) groups excluding carboxylic acids is 2. The number of carboxylic acid groups (broad SMARTS) is 1. The van der Waals surface area contributed by atoms with Crippen LogP contribution in [0.25, 0.3) is 0 Å². The van der Waals surface area contributed by atoms with E-state index in [-0.39, 0.29) is 25.0 Å². The number of hydrogen-bond acceptors (Lipinski definition) is 3. The summed E-state index contributed by atoms with van der Waals surface area (Å²) in [6.45, 7) is 4.25. The molecule has 0 fully saturated rings. The van der Waals surface area contributed by atoms with Crippen molar-refractivity contribution >= 4 is 18.0 Å². The molecule has 0 aliphatic heterocycles. The highest BCUT2D eigenvalue weighted by molar-refractivity contribution is 5.82. The zero-order valence-electron chi connectivity index (χ0n) is 12.4. The van der Waals surface area contributed by atoms with Gasteiger partial charge in [-0.3, -0.25) is 0 Å². The Hall–Kier alpha value is -1.99. The summed E-state index contributed by atoms with van der Waals surface area (Å²) in [4.78, 5) is 35.0. The number of amides is 4. The molecule has 0 heterocycles. The summed E-state index contributed by atoms with van der Waals surface area (Å²) in [6.07, 6.45) is 0.361. The third kappa shape index (κ3) is 8.17. The van der Waals surface area contributed by atoms with E-state index in [2.05, 4.69) is 16.0 Å². The highest BCUT2D eigenvalue weighted by Gasteiger charge is 2.20. The van der Waals surface area contributed by atoms with Gasteiger partial charge >= 0.3 is 18.0 Å². The maximum atomic E-state index is 11.5. The Kier molecular flexibility index (Phi) is 8.10. The molecule has 0 saturated heterocycles. The van der Waals surface area contributed by atoms with E-state index in [0.29, 0.717) is 6.42 Å². The Bertz CT molecular complexity index is 344. The van der Waals surface area contributed by atoms with Crippen LogP contribution in [0.4, 0.5) is 9.59 Å². The zero-order chi connectivity index (χ0) is 15.7. The van der Waals surface area contributed by atoms with E-state index in [1.165, 1.54) is 4.90 Å². The van der Waals surface area contributed by atoms with Gasteiger partial charge in [-0.2, -0.15) is 0 Å². The Morgan fingerprint density at radius 2 is 1.65 bits per heavy atom. The van der Waals surface area contributed by atoms with Crippen LogP contribution in [0.5, 0.6) is 0 Å². The van der Waals surface area contributed by atoms with Crippen LogP contribution < -0.4 is 16.0 Å². The molecule has 0 aromatic carbocycles. The predicted molar refractivity (Wildman–Crippen MR) is 74.5 cm³/mol. The fourth-order valence-corrected chi connectivity index (χ4v) is 1.41. The van der Waals surface area contributed by atoms with Gasteiger partial charge in [0.05, 0.1) is 0 Å². The maximum absolute atomic E-state index is 11.5. The molecule has 116 valence electrons. The standard InChI is InChI=1S/C12H24N4O4/c1-8(2)7-9(10(17)18)15-11(19)13-5-6-14-12(20)16(3)4/h8-9H,5-7H2,1-4H3,(H,14,20)(H,17,18)(H2,13,15,19). The van der Waals surface area contributed by atoms with Crippen LogP contribution >= 0.6 is 0 Å². The number of urea groups is 2. The van der Waals surface area contributed by atoms with Crippen molar-refractivity contribution in [2.24, 2.45) is 5.92 Å². The molecular weight excluding hydrogens is 264 g/mol. The van der Waals surface area contributed by atoms with Gasteiger partial charge in [-0.25, -0.2) is 14.4 Å². The summed E-state index contributed by atoms with van der Waals surface area (Å²) in [7, 11) is 3.22. The average molecular weight is 288 g/mol. The van der Waals surface area contributed by atoms with Gasteiger partial charge in [0, 0.05) is 27.2 Å². The summed E-state index contributed by atoms with van der Waals surface area (Å²) in [5.41, 5.74) is 0. The molecule has 8 heteroatoms. The van der Waals surface area contributed by atoms with Crippen molar-refractivity contribution in [1.82, 2.24) is 20.9 Å². The zero-order valence-corrected chi connectivity index (χ0v) is 12.4. The Balaban J connectivity index is 3.97. The van der Waals surface area contributed by atoms with Crippen molar-refractivity contribution in [1.29, 1.82) is 0 Å². The summed E-state index contributed by atoms with van der Waals surface area (Å²) in [5.74, 6) is -0.898. The smallest absolute Gasteiger partial charge is 0.326 e. The lowest BCUT2D eigenvalue weighted by Crippen LogP contribution is -2.48. The number of carbonyl (C=O) groups is 3. The highest BCUT2D eigenvalue weighted by Crippen LogP contribution is 2.04. The van der Waals surface area contributed by atoms with Crippen LogP contribution in [0.2, 0.25) is 0 Å². The molecule has 0 aliphatic rings. The first-order valence-corrected chi connectivity index (χ1v) is 6.46. The molecule has 0 saturated carbocycles. The van der Waals surface area contributed by atoms with E-state index in [1.54, 1.807) is 14.1 Å². The van der Waals surface area contributed by atoms with Crippen LogP contribution in [0.15, 0.2) is 0 Å². The molecule has 4 N–H and O–H groups in total. The van der Waals surface area contributed by atoms with Crippen molar-refractivity contribution in [3.8, 4) is 0 Å². The lowest BCUT2D eigenvalue weighted by Gasteiger charge is -2.17. The predicted octanol–water partition coefficient (Wildman–Crippen LogP) is 0.0561. The maximum Gasteiger partial charge on any atom is 0.326 e. The normalized spacial score (nSPS) is 11.7. The van der Waals surface area contributed by atoms with E-state index >= 15 is 0 Å². The van der Waals surface area contributed by atoms with Crippen molar-refractivity contribution in [2.45, 2.75) is 26.3 Å². The van der Waals surface area contributed by atoms with E-state index in [1.807, 2.05) is 13.8 Å². The molecule has 0 aromatic heterocycles. The van der Waals surface area contributed by atoms with Crippen molar-refractivity contribution in [2.75, 3.05) is 27.2 Å². The van der Waals surface area contributed by atoms with Crippen LogP contribution in [0, 0.1) is 5.92 Å². The first-order chi connectivity index (χ1) is 9.23. The van der Waals surface area contributed by atoms with Crippen LogP contribution in [0.3, 0.4) is 0 Å². The monoisotopic (exact) mass is 288 g/mol. The van der Waals surface area contributed by atoms with Crippen molar-refractivity contribution < 1.29 is 19.5 Å². The van der Waals surface area contributed by atoms with Gasteiger partial charge in [-0.1, -0.05) is 13.8 Å². The molecule has 1 atom stereocenters. The van der Waals surface area contributed by atoms with Gasteiger partial charge in [0.1, 0.15) is 6.04 Å². The number of carboxylic acids is 1. The second-order valence-corrected chi connectivity index (χ2v) is 5.05.